The number of carbonyl (C=O) groups excluding carboxylic acids is 1. The maximum atomic E-state index is 13.7. The monoisotopic (exact) mass is 543 g/mol. The van der Waals surface area contributed by atoms with Crippen LogP contribution in [-0.2, 0) is 22.6 Å². The highest BCUT2D eigenvalue weighted by Gasteiger charge is 2.29. The van der Waals surface area contributed by atoms with Crippen molar-refractivity contribution >= 4 is 28.5 Å². The summed E-state index contributed by atoms with van der Waals surface area (Å²) in [7, 11) is 1.70. The molecule has 4 aromatic rings. The first-order chi connectivity index (χ1) is 19.2. The first-order valence-electron chi connectivity index (χ1n) is 13.9. The Bertz CT molecular complexity index is 1530. The van der Waals surface area contributed by atoms with Gasteiger partial charge in [0.25, 0.3) is 0 Å². The van der Waals surface area contributed by atoms with Crippen LogP contribution in [0.5, 0.6) is 0 Å². The molecular weight excluding hydrogens is 506 g/mol. The summed E-state index contributed by atoms with van der Waals surface area (Å²) in [6.07, 6.45) is 8.44. The number of nitrogens with one attached hydrogen (secondary N) is 2. The summed E-state index contributed by atoms with van der Waals surface area (Å²) in [5.41, 5.74) is 6.55. The Balaban J connectivity index is 1.44. The van der Waals surface area contributed by atoms with Gasteiger partial charge in [-0.3, -0.25) is 19.6 Å². The molecular formula is C31H37N5O4. The summed E-state index contributed by atoms with van der Waals surface area (Å²) >= 11 is 0. The van der Waals surface area contributed by atoms with Gasteiger partial charge < -0.3 is 20.1 Å². The highest BCUT2D eigenvalue weighted by atomic mass is 16.4. The largest absolute Gasteiger partial charge is 0.481 e. The van der Waals surface area contributed by atoms with Crippen LogP contribution in [-0.4, -0.2) is 43.5 Å². The standard InChI is InChI=1S/C31H37N5O4/c1-19-15-33-35(16-19)17-21-7-8-23(5-4-6-29(37)38)27(13-21)34-30(39)20(2)36-18-26(22-9-10-22)25-12-11-24(14-28(25)36)31(40)32-3/h7-8,11-16,18,20,22,31-32,40H,4-6,9-10,17H2,1-3H3,(H,34,39)(H,37,38). The van der Waals surface area contributed by atoms with Gasteiger partial charge in [-0.2, -0.15) is 5.10 Å². The molecule has 4 N–H and O–H groups in total. The van der Waals surface area contributed by atoms with Crippen molar-refractivity contribution in [2.24, 2.45) is 0 Å². The molecule has 1 amide bonds. The molecule has 2 aromatic heterocycles. The number of fused-ring (bicyclic) bond motifs is 1. The number of amides is 1. The Morgan fingerprint density at radius 3 is 2.62 bits per heavy atom. The van der Waals surface area contributed by atoms with E-state index < -0.39 is 18.2 Å². The Kier molecular flexibility index (Phi) is 8.04. The van der Waals surface area contributed by atoms with E-state index in [-0.39, 0.29) is 12.3 Å². The summed E-state index contributed by atoms with van der Waals surface area (Å²) < 4.78 is 3.86. The van der Waals surface area contributed by atoms with Gasteiger partial charge in [-0.25, -0.2) is 0 Å². The lowest BCUT2D eigenvalue weighted by Gasteiger charge is -2.19. The van der Waals surface area contributed by atoms with Crippen LogP contribution < -0.4 is 10.6 Å². The third-order valence-corrected chi connectivity index (χ3v) is 7.67. The van der Waals surface area contributed by atoms with Crippen molar-refractivity contribution in [2.45, 2.75) is 70.7 Å². The predicted molar refractivity (Wildman–Crippen MR) is 154 cm³/mol. The van der Waals surface area contributed by atoms with Crippen molar-refractivity contribution in [3.05, 3.63) is 82.8 Å². The number of aliphatic carboxylic acids is 1. The predicted octanol–water partition coefficient (Wildman–Crippen LogP) is 4.89. The van der Waals surface area contributed by atoms with Gasteiger partial charge in [0.05, 0.1) is 12.7 Å². The number of aliphatic hydroxyl groups excluding tert-OH is 1. The quantitative estimate of drug-likeness (QED) is 0.189. The highest BCUT2D eigenvalue weighted by Crippen LogP contribution is 2.44. The van der Waals surface area contributed by atoms with Gasteiger partial charge in [-0.05, 0) is 92.4 Å². The van der Waals surface area contributed by atoms with Crippen molar-refractivity contribution in [2.75, 3.05) is 12.4 Å². The molecule has 1 fully saturated rings. The van der Waals surface area contributed by atoms with Gasteiger partial charge in [0.2, 0.25) is 5.91 Å². The average Bonchev–Trinajstić information content (AvgIpc) is 3.59. The van der Waals surface area contributed by atoms with Crippen molar-refractivity contribution in [1.29, 1.82) is 0 Å². The van der Waals surface area contributed by atoms with E-state index in [1.54, 1.807) is 7.05 Å². The number of hydrogen-bond acceptors (Lipinski definition) is 5. The minimum absolute atomic E-state index is 0.0677. The zero-order valence-electron chi connectivity index (χ0n) is 23.2. The smallest absolute Gasteiger partial charge is 0.303 e. The van der Waals surface area contributed by atoms with Crippen LogP contribution in [0.3, 0.4) is 0 Å². The van der Waals surface area contributed by atoms with Crippen molar-refractivity contribution in [3.8, 4) is 0 Å². The van der Waals surface area contributed by atoms with Crippen LogP contribution in [0.25, 0.3) is 10.9 Å². The summed E-state index contributed by atoms with van der Waals surface area (Å²) in [6.45, 7) is 4.43. The molecule has 0 spiro atoms. The number of benzene rings is 2. The molecule has 2 heterocycles. The summed E-state index contributed by atoms with van der Waals surface area (Å²) in [5, 5.41) is 31.0. The number of hydrogen-bond donors (Lipinski definition) is 4. The topological polar surface area (TPSA) is 121 Å². The molecule has 1 aliphatic rings. The van der Waals surface area contributed by atoms with E-state index in [0.717, 1.165) is 46.0 Å². The number of carboxylic acids is 1. The maximum Gasteiger partial charge on any atom is 0.303 e. The summed E-state index contributed by atoms with van der Waals surface area (Å²) in [5.74, 6) is -0.494. The number of aromatic nitrogens is 3. The average molecular weight is 544 g/mol. The zero-order valence-corrected chi connectivity index (χ0v) is 23.2. The molecule has 2 unspecified atom stereocenters. The lowest BCUT2D eigenvalue weighted by molar-refractivity contribution is -0.137. The molecule has 1 saturated carbocycles. The molecule has 0 radical (unpaired) electrons. The third kappa shape index (κ3) is 6.11. The van der Waals surface area contributed by atoms with Crippen LogP contribution >= 0.6 is 0 Å². The van der Waals surface area contributed by atoms with Gasteiger partial charge in [-0.15, -0.1) is 0 Å². The second-order valence-corrected chi connectivity index (χ2v) is 10.9. The van der Waals surface area contributed by atoms with Crippen LogP contribution in [0.15, 0.2) is 55.0 Å². The van der Waals surface area contributed by atoms with Gasteiger partial charge >= 0.3 is 5.97 Å². The molecule has 0 bridgehead atoms. The van der Waals surface area contributed by atoms with Crippen LogP contribution in [0.1, 0.15) is 78.6 Å². The number of aliphatic hydroxyl groups is 1. The SMILES string of the molecule is CNC(O)c1ccc2c(C3CC3)cn(C(C)C(=O)Nc3cc(Cn4cc(C)cn4)ccc3CCCC(=O)O)c2c1. The van der Waals surface area contributed by atoms with Crippen LogP contribution in [0.4, 0.5) is 5.69 Å². The normalized spacial score (nSPS) is 14.8. The lowest BCUT2D eigenvalue weighted by Crippen LogP contribution is -2.24. The number of carbonyl (C=O) groups is 2. The van der Waals surface area contributed by atoms with Crippen LogP contribution in [0.2, 0.25) is 0 Å². The van der Waals surface area contributed by atoms with Gasteiger partial charge in [0.15, 0.2) is 0 Å². The second kappa shape index (κ2) is 11.7. The number of aryl methyl sites for hydroxylation is 2. The second-order valence-electron chi connectivity index (χ2n) is 10.9. The van der Waals surface area contributed by atoms with E-state index in [2.05, 4.69) is 21.9 Å². The number of rotatable bonds is 12. The van der Waals surface area contributed by atoms with E-state index in [1.165, 1.54) is 5.56 Å². The Hall–Kier alpha value is -3.95. The fourth-order valence-electron chi connectivity index (χ4n) is 5.26. The third-order valence-electron chi connectivity index (χ3n) is 7.67. The van der Waals surface area contributed by atoms with Gasteiger partial charge in [0.1, 0.15) is 12.3 Å². The first kappa shape index (κ1) is 27.6. The molecule has 9 heteroatoms. The van der Waals surface area contributed by atoms with Gasteiger partial charge in [0, 0.05) is 35.4 Å². The molecule has 2 aromatic carbocycles. The van der Waals surface area contributed by atoms with Gasteiger partial charge in [-0.1, -0.05) is 24.3 Å². The molecule has 40 heavy (non-hydrogen) atoms. The molecule has 0 aliphatic heterocycles. The molecule has 5 rings (SSSR count). The molecule has 210 valence electrons. The van der Waals surface area contributed by atoms with E-state index in [0.29, 0.717) is 31.0 Å². The summed E-state index contributed by atoms with van der Waals surface area (Å²) in [6, 6.07) is 11.3. The molecule has 2 atom stereocenters. The minimum atomic E-state index is -0.835. The molecule has 0 saturated heterocycles. The van der Waals surface area contributed by atoms with Crippen molar-refractivity contribution in [1.82, 2.24) is 19.7 Å². The maximum absolute atomic E-state index is 13.7. The minimum Gasteiger partial charge on any atom is -0.481 e. The fraction of sp³-hybridized carbons (Fsp3) is 0.387. The van der Waals surface area contributed by atoms with Crippen molar-refractivity contribution in [3.63, 3.8) is 0 Å². The summed E-state index contributed by atoms with van der Waals surface area (Å²) in [4.78, 5) is 24.8. The van der Waals surface area contributed by atoms with E-state index in [9.17, 15) is 14.7 Å². The first-order valence-corrected chi connectivity index (χ1v) is 13.9. The van der Waals surface area contributed by atoms with E-state index >= 15 is 0 Å². The highest BCUT2D eigenvalue weighted by molar-refractivity contribution is 5.96. The Morgan fingerprint density at radius 1 is 1.15 bits per heavy atom. The Labute approximate surface area is 233 Å². The number of carboxylic acid groups (broad SMARTS) is 1. The number of anilines is 1. The fourth-order valence-corrected chi connectivity index (χ4v) is 5.26. The van der Waals surface area contributed by atoms with Crippen LogP contribution in [0, 0.1) is 6.92 Å². The van der Waals surface area contributed by atoms with E-state index in [4.69, 9.17) is 5.11 Å². The van der Waals surface area contributed by atoms with Crippen molar-refractivity contribution < 1.29 is 19.8 Å². The molecule has 9 nitrogen and oxygen atoms in total. The Morgan fingerprint density at radius 2 is 1.95 bits per heavy atom. The number of nitrogens with zero attached hydrogens (tertiary/aromatic N) is 3. The lowest BCUT2D eigenvalue weighted by atomic mass is 10.0. The molecule has 1 aliphatic carbocycles. The zero-order chi connectivity index (χ0) is 28.4. The van der Waals surface area contributed by atoms with E-state index in [1.807, 2.05) is 71.9 Å².